The average molecular weight is 879 g/mol. The van der Waals surface area contributed by atoms with Gasteiger partial charge < -0.3 is 14.2 Å². The van der Waals surface area contributed by atoms with Crippen LogP contribution in [0.2, 0.25) is 0 Å². The molecule has 0 aliphatic rings. The van der Waals surface area contributed by atoms with Crippen molar-refractivity contribution in [2.24, 2.45) is 0 Å². The Hall–Kier alpha value is -3.15. The zero-order valence-corrected chi connectivity index (χ0v) is 41.3. The molecule has 0 aliphatic heterocycles. The summed E-state index contributed by atoms with van der Waals surface area (Å²) < 4.78 is 16.6. The van der Waals surface area contributed by atoms with E-state index in [0.717, 1.165) is 103 Å². The maximum Gasteiger partial charge on any atom is 0.306 e. The molecule has 0 radical (unpaired) electrons. The van der Waals surface area contributed by atoms with Crippen molar-refractivity contribution in [2.45, 2.75) is 258 Å². The molecule has 1 unspecified atom stereocenters. The molecule has 6 nitrogen and oxygen atoms in total. The summed E-state index contributed by atoms with van der Waals surface area (Å²) in [5, 5.41) is 0. The quantitative estimate of drug-likeness (QED) is 0.0262. The van der Waals surface area contributed by atoms with E-state index in [1.54, 1.807) is 0 Å². The van der Waals surface area contributed by atoms with Crippen molar-refractivity contribution >= 4 is 17.9 Å². The molecule has 0 saturated heterocycles. The van der Waals surface area contributed by atoms with Crippen LogP contribution in [0.1, 0.15) is 252 Å². The van der Waals surface area contributed by atoms with E-state index >= 15 is 0 Å². The molecule has 362 valence electrons. The molecule has 0 rings (SSSR count). The Bertz CT molecular complexity index is 1190. The summed E-state index contributed by atoms with van der Waals surface area (Å²) in [6.07, 6.45) is 65.1. The second-order valence-corrected chi connectivity index (χ2v) is 17.4. The fourth-order valence-corrected chi connectivity index (χ4v) is 7.23. The van der Waals surface area contributed by atoms with Crippen LogP contribution < -0.4 is 0 Å². The zero-order valence-electron chi connectivity index (χ0n) is 41.3. The SMILES string of the molecule is CC/C=C\C/C=C\C/C=C\CCCCCC(=O)OC(COC(=O)CCCCCCC)COC(=O)CCCCCCCCCCCCCC/C=C\C/C=C\C/C=C\CCCCCCC. The molecule has 6 heteroatoms. The summed E-state index contributed by atoms with van der Waals surface area (Å²) in [6, 6.07) is 0. The minimum atomic E-state index is -0.786. The van der Waals surface area contributed by atoms with Gasteiger partial charge in [-0.3, -0.25) is 14.4 Å². The van der Waals surface area contributed by atoms with Gasteiger partial charge in [-0.25, -0.2) is 0 Å². The molecular weight excluding hydrogens is 781 g/mol. The van der Waals surface area contributed by atoms with Gasteiger partial charge in [-0.15, -0.1) is 0 Å². The Kier molecular flexibility index (Phi) is 48.9. The van der Waals surface area contributed by atoms with Gasteiger partial charge in [0.15, 0.2) is 6.10 Å². The van der Waals surface area contributed by atoms with E-state index in [1.807, 2.05) is 0 Å². The van der Waals surface area contributed by atoms with Crippen molar-refractivity contribution in [1.29, 1.82) is 0 Å². The monoisotopic (exact) mass is 879 g/mol. The van der Waals surface area contributed by atoms with E-state index in [2.05, 4.69) is 93.7 Å². The predicted molar refractivity (Wildman–Crippen MR) is 270 cm³/mol. The van der Waals surface area contributed by atoms with E-state index in [1.165, 1.54) is 109 Å². The third-order valence-corrected chi connectivity index (χ3v) is 11.2. The Morgan fingerprint density at radius 3 is 0.984 bits per heavy atom. The number of hydrogen-bond donors (Lipinski definition) is 0. The third-order valence-electron chi connectivity index (χ3n) is 11.2. The number of allylic oxidation sites excluding steroid dienone is 12. The lowest BCUT2D eigenvalue weighted by Gasteiger charge is -2.18. The molecule has 0 aliphatic carbocycles. The van der Waals surface area contributed by atoms with Crippen LogP contribution in [0, 0.1) is 0 Å². The van der Waals surface area contributed by atoms with Crippen LogP contribution in [-0.2, 0) is 28.6 Å². The molecule has 0 spiro atoms. The molecule has 0 aromatic heterocycles. The summed E-state index contributed by atoms with van der Waals surface area (Å²) in [7, 11) is 0. The molecule has 0 saturated carbocycles. The molecule has 0 heterocycles. The van der Waals surface area contributed by atoms with Crippen molar-refractivity contribution in [3.63, 3.8) is 0 Å². The fraction of sp³-hybridized carbons (Fsp3) is 0.737. The number of carbonyl (C=O) groups excluding carboxylic acids is 3. The van der Waals surface area contributed by atoms with Gasteiger partial charge in [0.1, 0.15) is 13.2 Å². The first kappa shape index (κ1) is 59.9. The molecule has 0 aromatic carbocycles. The molecule has 0 amide bonds. The average Bonchev–Trinajstić information content (AvgIpc) is 3.28. The Labute approximate surface area is 389 Å². The lowest BCUT2D eigenvalue weighted by atomic mass is 10.0. The highest BCUT2D eigenvalue weighted by molar-refractivity contribution is 5.71. The summed E-state index contributed by atoms with van der Waals surface area (Å²) in [6.45, 7) is 6.40. The molecule has 63 heavy (non-hydrogen) atoms. The first-order valence-corrected chi connectivity index (χ1v) is 26.4. The van der Waals surface area contributed by atoms with E-state index in [0.29, 0.717) is 19.3 Å². The number of unbranched alkanes of at least 4 members (excludes halogenated alkanes) is 24. The van der Waals surface area contributed by atoms with Gasteiger partial charge in [0, 0.05) is 19.3 Å². The van der Waals surface area contributed by atoms with Crippen molar-refractivity contribution in [1.82, 2.24) is 0 Å². The van der Waals surface area contributed by atoms with Gasteiger partial charge in [0.2, 0.25) is 0 Å². The van der Waals surface area contributed by atoms with Gasteiger partial charge in [-0.2, -0.15) is 0 Å². The minimum Gasteiger partial charge on any atom is -0.462 e. The van der Waals surface area contributed by atoms with Crippen molar-refractivity contribution in [3.8, 4) is 0 Å². The predicted octanol–water partition coefficient (Wildman–Crippen LogP) is 17.4. The Morgan fingerprint density at radius 1 is 0.333 bits per heavy atom. The first-order valence-electron chi connectivity index (χ1n) is 26.4. The molecular formula is C57H98O6. The lowest BCUT2D eigenvalue weighted by Crippen LogP contribution is -2.30. The number of esters is 3. The number of rotatable bonds is 47. The first-order chi connectivity index (χ1) is 31.0. The molecule has 0 aromatic rings. The maximum absolute atomic E-state index is 12.7. The van der Waals surface area contributed by atoms with Crippen LogP contribution in [0.3, 0.4) is 0 Å². The Balaban J connectivity index is 4.07. The summed E-state index contributed by atoms with van der Waals surface area (Å²) in [4.78, 5) is 37.6. The van der Waals surface area contributed by atoms with Crippen LogP contribution in [0.25, 0.3) is 0 Å². The van der Waals surface area contributed by atoms with Crippen molar-refractivity contribution < 1.29 is 28.6 Å². The largest absolute Gasteiger partial charge is 0.462 e. The van der Waals surface area contributed by atoms with Gasteiger partial charge in [0.05, 0.1) is 0 Å². The summed E-state index contributed by atoms with van der Waals surface area (Å²) in [5.41, 5.74) is 0. The van der Waals surface area contributed by atoms with Crippen LogP contribution in [-0.4, -0.2) is 37.2 Å². The number of ether oxygens (including phenoxy) is 3. The van der Waals surface area contributed by atoms with Gasteiger partial charge in [0.25, 0.3) is 0 Å². The van der Waals surface area contributed by atoms with Crippen LogP contribution in [0.5, 0.6) is 0 Å². The summed E-state index contributed by atoms with van der Waals surface area (Å²) in [5.74, 6) is -0.934. The summed E-state index contributed by atoms with van der Waals surface area (Å²) >= 11 is 0. The van der Waals surface area contributed by atoms with Crippen LogP contribution in [0.15, 0.2) is 72.9 Å². The second-order valence-electron chi connectivity index (χ2n) is 17.4. The van der Waals surface area contributed by atoms with Gasteiger partial charge in [-0.05, 0) is 89.9 Å². The standard InChI is InChI=1S/C57H98O6/c1-4-7-10-13-15-17-19-21-22-23-24-25-26-27-28-29-30-31-32-33-34-36-37-39-41-44-47-50-56(59)62-53-54(52-61-55(58)49-46-43-12-9-6-3)63-57(60)51-48-45-42-40-38-35-20-18-16-14-11-8-5-2/h8,11,16,18-19,21,23-24,26-27,35,38,54H,4-7,9-10,12-15,17,20,22,25,28-34,36-37,39-53H2,1-3H3/b11-8-,18-16-,21-19-,24-23-,27-26-,38-35-. The fourth-order valence-electron chi connectivity index (χ4n) is 7.23. The highest BCUT2D eigenvalue weighted by Crippen LogP contribution is 2.15. The molecule has 1 atom stereocenters. The topological polar surface area (TPSA) is 78.9 Å². The second kappa shape index (κ2) is 51.5. The van der Waals surface area contributed by atoms with Crippen molar-refractivity contribution in [2.75, 3.05) is 13.2 Å². The van der Waals surface area contributed by atoms with E-state index in [-0.39, 0.29) is 31.1 Å². The minimum absolute atomic E-state index is 0.0881. The third kappa shape index (κ3) is 49.7. The molecule has 0 N–H and O–H groups in total. The highest BCUT2D eigenvalue weighted by Gasteiger charge is 2.19. The van der Waals surface area contributed by atoms with Crippen LogP contribution >= 0.6 is 0 Å². The smallest absolute Gasteiger partial charge is 0.306 e. The maximum atomic E-state index is 12.7. The van der Waals surface area contributed by atoms with E-state index < -0.39 is 6.10 Å². The highest BCUT2D eigenvalue weighted by atomic mass is 16.6. The number of carbonyl (C=O) groups is 3. The van der Waals surface area contributed by atoms with E-state index in [9.17, 15) is 14.4 Å². The van der Waals surface area contributed by atoms with Crippen LogP contribution in [0.4, 0.5) is 0 Å². The lowest BCUT2D eigenvalue weighted by molar-refractivity contribution is -0.167. The normalized spacial score (nSPS) is 12.6. The zero-order chi connectivity index (χ0) is 45.8. The van der Waals surface area contributed by atoms with Gasteiger partial charge in [-0.1, -0.05) is 216 Å². The van der Waals surface area contributed by atoms with E-state index in [4.69, 9.17) is 14.2 Å². The molecule has 0 bridgehead atoms. The Morgan fingerprint density at radius 2 is 0.619 bits per heavy atom. The molecule has 0 fully saturated rings. The number of hydrogen-bond acceptors (Lipinski definition) is 6. The van der Waals surface area contributed by atoms with Gasteiger partial charge >= 0.3 is 17.9 Å². The van der Waals surface area contributed by atoms with Crippen molar-refractivity contribution in [3.05, 3.63) is 72.9 Å².